The molecule has 0 spiro atoms. The highest BCUT2D eigenvalue weighted by Crippen LogP contribution is 2.24. The second-order valence-electron chi connectivity index (χ2n) is 5.97. The summed E-state index contributed by atoms with van der Waals surface area (Å²) >= 11 is 0. The maximum absolute atomic E-state index is 12.2. The normalized spacial score (nSPS) is 11.4. The molecule has 0 aliphatic heterocycles. The van der Waals surface area contributed by atoms with E-state index in [9.17, 15) is 9.90 Å². The Morgan fingerprint density at radius 1 is 1.29 bits per heavy atom. The zero-order valence-electron chi connectivity index (χ0n) is 14.6. The molecule has 0 saturated heterocycles. The van der Waals surface area contributed by atoms with Crippen LogP contribution in [0.2, 0.25) is 0 Å². The van der Waals surface area contributed by atoms with E-state index in [1.165, 1.54) is 0 Å². The molecule has 2 rings (SSSR count). The molecule has 130 valence electrons. The molecule has 0 radical (unpaired) electrons. The van der Waals surface area contributed by atoms with Gasteiger partial charge in [0.15, 0.2) is 0 Å². The number of oxazole rings is 1. The van der Waals surface area contributed by atoms with E-state index < -0.39 is 5.54 Å². The van der Waals surface area contributed by atoms with Gasteiger partial charge in [-0.05, 0) is 44.9 Å². The molecule has 0 atom stereocenters. The Balaban J connectivity index is 2.13. The third kappa shape index (κ3) is 3.94. The monoisotopic (exact) mass is 331 g/mol. The molecule has 6 heteroatoms. The van der Waals surface area contributed by atoms with Crippen molar-refractivity contribution in [2.45, 2.75) is 46.1 Å². The maximum Gasteiger partial charge on any atom is 0.319 e. The number of anilines is 1. The Labute approximate surface area is 142 Å². The van der Waals surface area contributed by atoms with E-state index in [1.54, 1.807) is 6.07 Å². The number of hydrogen-bond donors (Lipinski definition) is 3. The fourth-order valence-electron chi connectivity index (χ4n) is 2.42. The topological polar surface area (TPSA) is 87.4 Å². The van der Waals surface area contributed by atoms with Gasteiger partial charge in [-0.3, -0.25) is 0 Å². The quantitative estimate of drug-likeness (QED) is 0.754. The molecular formula is C18H25N3O3. The summed E-state index contributed by atoms with van der Waals surface area (Å²) in [6, 6.07) is 6.97. The van der Waals surface area contributed by atoms with E-state index in [-0.39, 0.29) is 12.6 Å². The predicted octanol–water partition coefficient (Wildman–Crippen LogP) is 3.63. The number of amides is 2. The summed E-state index contributed by atoms with van der Waals surface area (Å²) in [6.07, 6.45) is 1.31. The standard InChI is InChI=1S/C18H25N3O3/c1-5-18(6-2,11-22)21-17(23)20-15-9-7-8-14(10-15)16-19-12(3)13(4)24-16/h7-10,22H,5-6,11H2,1-4H3,(H2,20,21,23). The summed E-state index contributed by atoms with van der Waals surface area (Å²) < 4.78 is 5.62. The van der Waals surface area contributed by atoms with Gasteiger partial charge < -0.3 is 20.2 Å². The summed E-state index contributed by atoms with van der Waals surface area (Å²) in [5, 5.41) is 15.2. The zero-order valence-corrected chi connectivity index (χ0v) is 14.6. The van der Waals surface area contributed by atoms with E-state index in [0.717, 1.165) is 17.0 Å². The van der Waals surface area contributed by atoms with Crippen LogP contribution in [0.3, 0.4) is 0 Å². The lowest BCUT2D eigenvalue weighted by Crippen LogP contribution is -2.52. The number of urea groups is 1. The minimum absolute atomic E-state index is 0.0949. The van der Waals surface area contributed by atoms with Crippen LogP contribution in [0.15, 0.2) is 28.7 Å². The van der Waals surface area contributed by atoms with Crippen LogP contribution in [-0.4, -0.2) is 28.3 Å². The number of aliphatic hydroxyl groups is 1. The van der Waals surface area contributed by atoms with Crippen molar-refractivity contribution >= 4 is 11.7 Å². The van der Waals surface area contributed by atoms with Crippen molar-refractivity contribution in [1.29, 1.82) is 0 Å². The van der Waals surface area contributed by atoms with Gasteiger partial charge in [0, 0.05) is 11.3 Å². The summed E-state index contributed by atoms with van der Waals surface area (Å²) in [4.78, 5) is 16.6. The predicted molar refractivity (Wildman–Crippen MR) is 94.0 cm³/mol. The van der Waals surface area contributed by atoms with Gasteiger partial charge in [0.05, 0.1) is 17.8 Å². The number of carbonyl (C=O) groups is 1. The molecule has 1 heterocycles. The average Bonchev–Trinajstić information content (AvgIpc) is 2.92. The minimum Gasteiger partial charge on any atom is -0.441 e. The number of aryl methyl sites for hydroxylation is 2. The smallest absolute Gasteiger partial charge is 0.319 e. The van der Waals surface area contributed by atoms with E-state index >= 15 is 0 Å². The Kier molecular flexibility index (Phi) is 5.62. The van der Waals surface area contributed by atoms with Crippen LogP contribution in [0.25, 0.3) is 11.5 Å². The van der Waals surface area contributed by atoms with Gasteiger partial charge in [0.1, 0.15) is 5.76 Å². The van der Waals surface area contributed by atoms with Crippen molar-refractivity contribution in [1.82, 2.24) is 10.3 Å². The highest BCUT2D eigenvalue weighted by Gasteiger charge is 2.27. The van der Waals surface area contributed by atoms with Crippen LogP contribution in [0, 0.1) is 13.8 Å². The molecule has 2 amide bonds. The van der Waals surface area contributed by atoms with Gasteiger partial charge in [-0.25, -0.2) is 9.78 Å². The van der Waals surface area contributed by atoms with E-state index in [2.05, 4.69) is 15.6 Å². The van der Waals surface area contributed by atoms with Gasteiger partial charge in [-0.2, -0.15) is 0 Å². The van der Waals surface area contributed by atoms with Crippen LogP contribution in [0.4, 0.5) is 10.5 Å². The van der Waals surface area contributed by atoms with Crippen molar-refractivity contribution in [3.8, 4) is 11.5 Å². The Bertz CT molecular complexity index is 678. The summed E-state index contributed by atoms with van der Waals surface area (Å²) in [5.41, 5.74) is 1.68. The second kappa shape index (κ2) is 7.49. The maximum atomic E-state index is 12.2. The van der Waals surface area contributed by atoms with Gasteiger partial charge in [-0.1, -0.05) is 19.9 Å². The van der Waals surface area contributed by atoms with Crippen LogP contribution < -0.4 is 10.6 Å². The van der Waals surface area contributed by atoms with Crippen LogP contribution in [-0.2, 0) is 0 Å². The third-order valence-corrected chi connectivity index (χ3v) is 4.43. The molecule has 2 aromatic rings. The molecule has 24 heavy (non-hydrogen) atoms. The van der Waals surface area contributed by atoms with E-state index in [1.807, 2.05) is 45.9 Å². The van der Waals surface area contributed by atoms with Gasteiger partial charge in [-0.15, -0.1) is 0 Å². The molecule has 0 fully saturated rings. The van der Waals surface area contributed by atoms with Crippen molar-refractivity contribution in [3.63, 3.8) is 0 Å². The lowest BCUT2D eigenvalue weighted by Gasteiger charge is -2.30. The highest BCUT2D eigenvalue weighted by molar-refractivity contribution is 5.90. The fourth-order valence-corrected chi connectivity index (χ4v) is 2.42. The number of aliphatic hydroxyl groups excluding tert-OH is 1. The number of aromatic nitrogens is 1. The van der Waals surface area contributed by atoms with Crippen molar-refractivity contribution in [2.75, 3.05) is 11.9 Å². The lowest BCUT2D eigenvalue weighted by atomic mass is 9.94. The molecule has 0 unspecified atom stereocenters. The van der Waals surface area contributed by atoms with Crippen LogP contribution in [0.1, 0.15) is 38.1 Å². The first-order valence-electron chi connectivity index (χ1n) is 8.17. The summed E-state index contributed by atoms with van der Waals surface area (Å²) in [7, 11) is 0. The van der Waals surface area contributed by atoms with Gasteiger partial charge >= 0.3 is 6.03 Å². The molecule has 0 aliphatic rings. The third-order valence-electron chi connectivity index (χ3n) is 4.43. The number of rotatable bonds is 6. The number of benzene rings is 1. The Morgan fingerprint density at radius 2 is 2.00 bits per heavy atom. The number of carbonyl (C=O) groups excluding carboxylic acids is 1. The molecule has 0 aliphatic carbocycles. The zero-order chi connectivity index (χ0) is 17.7. The Hall–Kier alpha value is -2.34. The molecule has 1 aromatic heterocycles. The van der Waals surface area contributed by atoms with Gasteiger partial charge in [0.25, 0.3) is 0 Å². The average molecular weight is 331 g/mol. The summed E-state index contributed by atoms with van der Waals surface area (Å²) in [5.74, 6) is 1.31. The molecule has 6 nitrogen and oxygen atoms in total. The molecule has 0 saturated carbocycles. The van der Waals surface area contributed by atoms with Crippen LogP contribution in [0.5, 0.6) is 0 Å². The number of hydrogen-bond acceptors (Lipinski definition) is 4. The van der Waals surface area contributed by atoms with Crippen LogP contribution >= 0.6 is 0 Å². The van der Waals surface area contributed by atoms with Gasteiger partial charge in [0.2, 0.25) is 5.89 Å². The summed E-state index contributed by atoms with van der Waals surface area (Å²) in [6.45, 7) is 7.54. The molecule has 0 bridgehead atoms. The minimum atomic E-state index is -0.599. The molecular weight excluding hydrogens is 306 g/mol. The fraction of sp³-hybridized carbons (Fsp3) is 0.444. The SMILES string of the molecule is CCC(CC)(CO)NC(=O)Nc1cccc(-c2nc(C)c(C)o2)c1. The van der Waals surface area contributed by atoms with Crippen molar-refractivity contribution in [3.05, 3.63) is 35.7 Å². The molecule has 3 N–H and O–H groups in total. The van der Waals surface area contributed by atoms with E-state index in [0.29, 0.717) is 24.4 Å². The first-order chi connectivity index (χ1) is 11.4. The Morgan fingerprint density at radius 3 is 2.54 bits per heavy atom. The van der Waals surface area contributed by atoms with E-state index in [4.69, 9.17) is 4.42 Å². The first kappa shape index (κ1) is 18.0. The second-order valence-corrected chi connectivity index (χ2v) is 5.97. The van der Waals surface area contributed by atoms with Crippen molar-refractivity contribution < 1.29 is 14.3 Å². The first-order valence-corrected chi connectivity index (χ1v) is 8.17. The highest BCUT2D eigenvalue weighted by atomic mass is 16.4. The lowest BCUT2D eigenvalue weighted by molar-refractivity contribution is 0.155. The molecule has 1 aromatic carbocycles. The number of nitrogens with one attached hydrogen (secondary N) is 2. The largest absolute Gasteiger partial charge is 0.441 e. The number of nitrogens with zero attached hydrogens (tertiary/aromatic N) is 1. The van der Waals surface area contributed by atoms with Crippen molar-refractivity contribution in [2.24, 2.45) is 0 Å².